The van der Waals surface area contributed by atoms with E-state index in [1.807, 2.05) is 42.5 Å². The molecule has 5 rings (SSSR count). The highest BCUT2D eigenvalue weighted by Crippen LogP contribution is 2.36. The van der Waals surface area contributed by atoms with Gasteiger partial charge in [-0.25, -0.2) is 0 Å². The number of fused-ring (bicyclic) bond motifs is 1. The van der Waals surface area contributed by atoms with Crippen molar-refractivity contribution in [3.63, 3.8) is 0 Å². The highest BCUT2D eigenvalue weighted by atomic mass is 32.1. The molecule has 0 spiro atoms. The third-order valence-electron chi connectivity index (χ3n) is 6.93. The molecular weight excluding hydrogens is 540 g/mol. The van der Waals surface area contributed by atoms with Crippen LogP contribution in [0.3, 0.4) is 0 Å². The molecule has 1 N–H and O–H groups in total. The zero-order chi connectivity index (χ0) is 29.6. The maximum absolute atomic E-state index is 9.22. The number of thiazole rings is 1. The SMILES string of the molecule is C=C(OO)[n+]1c(/C=C/C=C/c2ccc(N(c3ccc(N(C)C)cc3)c3ccc(N(C)C)cc3)cc2)sc2ccccc21. The predicted octanol–water partition coefficient (Wildman–Crippen LogP) is 8.44. The highest BCUT2D eigenvalue weighted by molar-refractivity contribution is 7.18. The first-order chi connectivity index (χ1) is 20.4. The molecule has 4 aromatic carbocycles. The molecule has 0 amide bonds. The van der Waals surface area contributed by atoms with Gasteiger partial charge in [-0.05, 0) is 72.3 Å². The van der Waals surface area contributed by atoms with Crippen molar-refractivity contribution in [3.8, 4) is 0 Å². The van der Waals surface area contributed by atoms with E-state index in [1.54, 1.807) is 15.9 Å². The Kier molecular flexibility index (Phi) is 8.71. The third-order valence-corrected chi connectivity index (χ3v) is 8.03. The summed E-state index contributed by atoms with van der Waals surface area (Å²) in [5.74, 6) is 0.156. The molecule has 212 valence electrons. The molecule has 5 aromatic rings. The summed E-state index contributed by atoms with van der Waals surface area (Å²) >= 11 is 1.60. The van der Waals surface area contributed by atoms with Gasteiger partial charge in [0.15, 0.2) is 0 Å². The molecule has 0 atom stereocenters. The summed E-state index contributed by atoms with van der Waals surface area (Å²) in [6.45, 7) is 3.83. The lowest BCUT2D eigenvalue weighted by Crippen LogP contribution is -2.33. The molecule has 0 aliphatic heterocycles. The second-order valence-electron chi connectivity index (χ2n) is 10.2. The number of nitrogens with zero attached hydrogens (tertiary/aromatic N) is 4. The minimum Gasteiger partial charge on any atom is -0.378 e. The van der Waals surface area contributed by atoms with Crippen molar-refractivity contribution in [2.75, 3.05) is 42.9 Å². The minimum atomic E-state index is 0.156. The molecule has 0 aliphatic rings. The lowest BCUT2D eigenvalue weighted by molar-refractivity contribution is -0.586. The zero-order valence-corrected chi connectivity index (χ0v) is 25.1. The summed E-state index contributed by atoms with van der Waals surface area (Å²) in [7, 11) is 8.20. The van der Waals surface area contributed by atoms with Gasteiger partial charge in [0.25, 0.3) is 5.01 Å². The summed E-state index contributed by atoms with van der Waals surface area (Å²) in [5.41, 5.74) is 7.59. The smallest absolute Gasteiger partial charge is 0.378 e. The number of aromatic nitrogens is 1. The molecule has 0 radical (unpaired) electrons. The second-order valence-corrected chi connectivity index (χ2v) is 11.3. The monoisotopic (exact) mass is 575 g/mol. The molecule has 7 heteroatoms. The van der Waals surface area contributed by atoms with E-state index in [4.69, 9.17) is 0 Å². The van der Waals surface area contributed by atoms with E-state index < -0.39 is 0 Å². The van der Waals surface area contributed by atoms with Gasteiger partial charge in [0.05, 0.1) is 0 Å². The van der Waals surface area contributed by atoms with Gasteiger partial charge in [0.1, 0.15) is 4.70 Å². The van der Waals surface area contributed by atoms with Crippen LogP contribution in [0.15, 0.2) is 116 Å². The Hall–Kier alpha value is -4.85. The molecule has 1 aromatic heterocycles. The van der Waals surface area contributed by atoms with E-state index in [1.165, 1.54) is 0 Å². The number of benzene rings is 4. The number of hydrogen-bond donors (Lipinski definition) is 1. The Morgan fingerprint density at radius 1 is 0.690 bits per heavy atom. The largest absolute Gasteiger partial charge is 0.399 e. The molecule has 0 saturated heterocycles. The summed E-state index contributed by atoms with van der Waals surface area (Å²) in [6.07, 6.45) is 8.03. The van der Waals surface area contributed by atoms with E-state index >= 15 is 0 Å². The van der Waals surface area contributed by atoms with Crippen molar-refractivity contribution >= 4 is 68.0 Å². The molecule has 0 bridgehead atoms. The first-order valence-electron chi connectivity index (χ1n) is 13.6. The van der Waals surface area contributed by atoms with Crippen LogP contribution in [-0.2, 0) is 4.89 Å². The van der Waals surface area contributed by atoms with Crippen LogP contribution in [0.4, 0.5) is 28.4 Å². The van der Waals surface area contributed by atoms with Crippen molar-refractivity contribution in [2.45, 2.75) is 0 Å². The van der Waals surface area contributed by atoms with Crippen LogP contribution in [0.25, 0.3) is 28.3 Å². The van der Waals surface area contributed by atoms with Gasteiger partial charge in [-0.3, -0.25) is 4.89 Å². The fraction of sp³-hybridized carbons (Fsp3) is 0.114. The second kappa shape index (κ2) is 12.8. The minimum absolute atomic E-state index is 0.156. The van der Waals surface area contributed by atoms with Crippen LogP contribution >= 0.6 is 11.3 Å². The number of allylic oxidation sites excluding steroid dienone is 2. The van der Waals surface area contributed by atoms with E-state index in [0.29, 0.717) is 0 Å². The standard InChI is InChI=1S/C35H34N4O2S/c1-26(41-40)38-33-11-7-8-12-34(33)42-35(38)13-9-6-10-27-14-16-30(17-15-27)39(31-22-18-28(19-23-31)36(2)3)32-24-20-29(21-25-32)37(4)5/h6-25H,1H2,2-5H3/p+1. The van der Waals surface area contributed by atoms with Crippen molar-refractivity contribution in [1.29, 1.82) is 0 Å². The van der Waals surface area contributed by atoms with Crippen LogP contribution in [-0.4, -0.2) is 33.4 Å². The van der Waals surface area contributed by atoms with Crippen molar-refractivity contribution in [3.05, 3.63) is 126 Å². The Morgan fingerprint density at radius 2 is 1.17 bits per heavy atom. The van der Waals surface area contributed by atoms with Crippen molar-refractivity contribution in [2.24, 2.45) is 0 Å². The molecule has 0 saturated carbocycles. The Bertz CT molecular complexity index is 1670. The molecule has 0 unspecified atom stereocenters. The molecule has 0 aliphatic carbocycles. The summed E-state index contributed by atoms with van der Waals surface area (Å²) in [5, 5.41) is 10.1. The fourth-order valence-corrected chi connectivity index (χ4v) is 5.77. The Balaban J connectivity index is 1.40. The number of anilines is 5. The van der Waals surface area contributed by atoms with Crippen LogP contribution in [0.2, 0.25) is 0 Å². The van der Waals surface area contributed by atoms with Crippen molar-refractivity contribution < 1.29 is 14.7 Å². The van der Waals surface area contributed by atoms with E-state index in [0.717, 1.165) is 49.2 Å². The van der Waals surface area contributed by atoms with E-state index in [9.17, 15) is 5.26 Å². The summed E-state index contributed by atoms with van der Waals surface area (Å²) in [6, 6.07) is 33.7. The Labute approximate surface area is 251 Å². The van der Waals surface area contributed by atoms with Crippen LogP contribution in [0.5, 0.6) is 0 Å². The van der Waals surface area contributed by atoms with Gasteiger partial charge < -0.3 is 14.7 Å². The van der Waals surface area contributed by atoms with Crippen LogP contribution < -0.4 is 19.3 Å². The lowest BCUT2D eigenvalue weighted by atomic mass is 10.1. The average molecular weight is 576 g/mol. The normalized spacial score (nSPS) is 11.4. The number of rotatable bonds is 10. The maximum Gasteiger partial charge on any atom is 0.399 e. The van der Waals surface area contributed by atoms with Gasteiger partial charge in [0.2, 0.25) is 5.52 Å². The average Bonchev–Trinajstić information content (AvgIpc) is 3.38. The molecule has 0 fully saturated rings. The molecule has 42 heavy (non-hydrogen) atoms. The van der Waals surface area contributed by atoms with E-state index in [2.05, 4.69) is 133 Å². The zero-order valence-electron chi connectivity index (χ0n) is 24.3. The van der Waals surface area contributed by atoms with Crippen LogP contribution in [0, 0.1) is 0 Å². The number of para-hydroxylation sites is 1. The quantitative estimate of drug-likeness (QED) is 0.0595. The summed E-state index contributed by atoms with van der Waals surface area (Å²) in [4.78, 5) is 10.9. The van der Waals surface area contributed by atoms with E-state index in [-0.39, 0.29) is 5.88 Å². The van der Waals surface area contributed by atoms with Gasteiger partial charge in [-0.1, -0.05) is 53.8 Å². The van der Waals surface area contributed by atoms with Gasteiger partial charge in [-0.15, -0.1) is 4.57 Å². The Morgan fingerprint density at radius 3 is 1.69 bits per heavy atom. The summed E-state index contributed by atoms with van der Waals surface area (Å²) < 4.78 is 2.87. The number of hydrogen-bond acceptors (Lipinski definition) is 6. The predicted molar refractivity (Wildman–Crippen MR) is 179 cm³/mol. The van der Waals surface area contributed by atoms with Crippen molar-refractivity contribution in [1.82, 2.24) is 0 Å². The van der Waals surface area contributed by atoms with Gasteiger partial charge in [-0.2, -0.15) is 5.26 Å². The lowest BCUT2D eigenvalue weighted by Gasteiger charge is -2.27. The first-order valence-corrected chi connectivity index (χ1v) is 14.4. The highest BCUT2D eigenvalue weighted by Gasteiger charge is 2.23. The topological polar surface area (TPSA) is 43.1 Å². The maximum atomic E-state index is 9.22. The third kappa shape index (κ3) is 6.22. The first kappa shape index (κ1) is 28.7. The van der Waals surface area contributed by atoms with Gasteiger partial charge in [0, 0.05) is 75.3 Å². The van der Waals surface area contributed by atoms with Crippen LogP contribution in [0.1, 0.15) is 10.6 Å². The van der Waals surface area contributed by atoms with Gasteiger partial charge >= 0.3 is 5.88 Å². The fourth-order valence-electron chi connectivity index (χ4n) is 4.70. The molecule has 1 heterocycles. The molecular formula is C35H35N4O2S+. The molecule has 6 nitrogen and oxygen atoms in total.